The predicted molar refractivity (Wildman–Crippen MR) is 128 cm³/mol. The van der Waals surface area contributed by atoms with E-state index in [2.05, 4.69) is 10.6 Å². The number of carbonyl (C=O) groups is 2. The van der Waals surface area contributed by atoms with E-state index in [-0.39, 0.29) is 23.9 Å². The van der Waals surface area contributed by atoms with E-state index in [1.54, 1.807) is 25.3 Å². The van der Waals surface area contributed by atoms with E-state index in [9.17, 15) is 14.0 Å². The summed E-state index contributed by atoms with van der Waals surface area (Å²) < 4.78 is 25.3. The fourth-order valence-electron chi connectivity index (χ4n) is 3.37. The fourth-order valence-corrected chi connectivity index (χ4v) is 3.37. The molecular weight excluding hydrogens is 435 g/mol. The van der Waals surface area contributed by atoms with Crippen LogP contribution >= 0.6 is 0 Å². The molecule has 3 rings (SSSR count). The molecule has 6 nitrogen and oxygen atoms in total. The second-order valence-corrected chi connectivity index (χ2v) is 8.15. The third-order valence-corrected chi connectivity index (χ3v) is 5.29. The first-order valence-corrected chi connectivity index (χ1v) is 11.1. The van der Waals surface area contributed by atoms with Crippen molar-refractivity contribution in [2.75, 3.05) is 7.11 Å². The zero-order chi connectivity index (χ0) is 24.5. The van der Waals surface area contributed by atoms with Crippen molar-refractivity contribution >= 4 is 11.8 Å². The van der Waals surface area contributed by atoms with E-state index in [0.717, 1.165) is 11.1 Å². The molecule has 0 spiro atoms. The van der Waals surface area contributed by atoms with Gasteiger partial charge in [-0.25, -0.2) is 4.39 Å². The van der Waals surface area contributed by atoms with E-state index < -0.39 is 17.8 Å². The van der Waals surface area contributed by atoms with Gasteiger partial charge >= 0.3 is 0 Å². The van der Waals surface area contributed by atoms with Gasteiger partial charge in [0, 0.05) is 6.54 Å². The molecule has 3 aromatic carbocycles. The minimum atomic E-state index is -0.817. The number of carbonyl (C=O) groups excluding carboxylic acids is 2. The van der Waals surface area contributed by atoms with Crippen LogP contribution in [0, 0.1) is 11.7 Å². The van der Waals surface area contributed by atoms with Crippen LogP contribution in [-0.2, 0) is 17.9 Å². The first-order valence-electron chi connectivity index (χ1n) is 11.1. The number of halogens is 1. The van der Waals surface area contributed by atoms with Crippen LogP contribution < -0.4 is 20.1 Å². The lowest BCUT2D eigenvalue weighted by atomic mass is 10.0. The molecular formula is C27H29FN2O4. The summed E-state index contributed by atoms with van der Waals surface area (Å²) >= 11 is 0. The van der Waals surface area contributed by atoms with Crippen LogP contribution in [-0.4, -0.2) is 25.0 Å². The Bertz CT molecular complexity index is 1120. The molecule has 0 unspecified atom stereocenters. The quantitative estimate of drug-likeness (QED) is 0.464. The van der Waals surface area contributed by atoms with Gasteiger partial charge in [0.1, 0.15) is 18.5 Å². The topological polar surface area (TPSA) is 76.7 Å². The Kier molecular flexibility index (Phi) is 8.62. The summed E-state index contributed by atoms with van der Waals surface area (Å²) in [6.45, 7) is 4.26. The van der Waals surface area contributed by atoms with Crippen LogP contribution in [0.1, 0.15) is 35.3 Å². The lowest BCUT2D eigenvalue weighted by molar-refractivity contribution is -0.124. The summed E-state index contributed by atoms with van der Waals surface area (Å²) in [6, 6.07) is 20.1. The highest BCUT2D eigenvalue weighted by Crippen LogP contribution is 2.29. The summed E-state index contributed by atoms with van der Waals surface area (Å²) in [5, 5.41) is 5.47. The number of hydrogen-bond donors (Lipinski definition) is 2. The van der Waals surface area contributed by atoms with Crippen LogP contribution in [0.5, 0.6) is 11.5 Å². The van der Waals surface area contributed by atoms with Crippen LogP contribution in [0.2, 0.25) is 0 Å². The molecule has 0 aliphatic heterocycles. The first kappa shape index (κ1) is 24.8. The molecule has 0 aliphatic carbocycles. The third-order valence-electron chi connectivity index (χ3n) is 5.29. The molecule has 0 saturated carbocycles. The number of methoxy groups -OCH3 is 1. The fraction of sp³-hybridized carbons (Fsp3) is 0.259. The third kappa shape index (κ3) is 6.57. The minimum absolute atomic E-state index is 0.100. The number of rotatable bonds is 10. The molecule has 0 heterocycles. The van der Waals surface area contributed by atoms with E-state index in [0.29, 0.717) is 18.1 Å². The largest absolute Gasteiger partial charge is 0.493 e. The number of nitrogens with one attached hydrogen (secondary N) is 2. The van der Waals surface area contributed by atoms with Crippen molar-refractivity contribution < 1.29 is 23.5 Å². The Morgan fingerprint density at radius 3 is 2.29 bits per heavy atom. The molecule has 0 fully saturated rings. The summed E-state index contributed by atoms with van der Waals surface area (Å²) in [6.07, 6.45) is 0. The van der Waals surface area contributed by atoms with Gasteiger partial charge in [0.15, 0.2) is 11.5 Å². The van der Waals surface area contributed by atoms with Crippen LogP contribution in [0.4, 0.5) is 4.39 Å². The Labute approximate surface area is 199 Å². The normalized spacial score (nSPS) is 11.6. The number of hydrogen-bond acceptors (Lipinski definition) is 4. The highest BCUT2D eigenvalue weighted by atomic mass is 19.1. The van der Waals surface area contributed by atoms with Gasteiger partial charge in [-0.1, -0.05) is 62.4 Å². The monoisotopic (exact) mass is 464 g/mol. The zero-order valence-electron chi connectivity index (χ0n) is 19.5. The number of amides is 2. The van der Waals surface area contributed by atoms with Crippen LogP contribution in [0.25, 0.3) is 0 Å². The Hall–Kier alpha value is -3.87. The second-order valence-electron chi connectivity index (χ2n) is 8.15. The molecule has 0 radical (unpaired) electrons. The summed E-state index contributed by atoms with van der Waals surface area (Å²) in [5.74, 6) is -0.671. The van der Waals surface area contributed by atoms with Crippen molar-refractivity contribution in [3.63, 3.8) is 0 Å². The maximum atomic E-state index is 13.9. The maximum Gasteiger partial charge on any atom is 0.254 e. The molecule has 2 amide bonds. The van der Waals surface area contributed by atoms with E-state index in [4.69, 9.17) is 9.47 Å². The van der Waals surface area contributed by atoms with Gasteiger partial charge in [0.25, 0.3) is 5.91 Å². The van der Waals surface area contributed by atoms with Crippen LogP contribution in [0.3, 0.4) is 0 Å². The van der Waals surface area contributed by atoms with Gasteiger partial charge in [-0.05, 0) is 41.3 Å². The van der Waals surface area contributed by atoms with E-state index in [1.807, 2.05) is 50.2 Å². The van der Waals surface area contributed by atoms with Crippen molar-refractivity contribution in [3.8, 4) is 11.5 Å². The lowest BCUT2D eigenvalue weighted by Crippen LogP contribution is -2.49. The minimum Gasteiger partial charge on any atom is -0.493 e. The molecule has 0 aromatic heterocycles. The molecule has 0 bridgehead atoms. The first-order chi connectivity index (χ1) is 16.4. The molecule has 178 valence electrons. The van der Waals surface area contributed by atoms with Crippen molar-refractivity contribution in [3.05, 3.63) is 95.3 Å². The van der Waals surface area contributed by atoms with Gasteiger partial charge in [-0.2, -0.15) is 0 Å². The van der Waals surface area contributed by atoms with Gasteiger partial charge < -0.3 is 20.1 Å². The highest BCUT2D eigenvalue weighted by molar-refractivity contribution is 5.97. The molecule has 3 aromatic rings. The Morgan fingerprint density at radius 1 is 0.912 bits per heavy atom. The SMILES string of the molecule is COc1cc(CNC(=O)[C@@H](NC(=O)c2ccccc2F)C(C)C)ccc1OCc1ccccc1. The summed E-state index contributed by atoms with van der Waals surface area (Å²) in [4.78, 5) is 25.3. The average molecular weight is 465 g/mol. The molecule has 7 heteroatoms. The van der Waals surface area contributed by atoms with Crippen LogP contribution in [0.15, 0.2) is 72.8 Å². The lowest BCUT2D eigenvalue weighted by Gasteiger charge is -2.22. The van der Waals surface area contributed by atoms with Crippen molar-refractivity contribution in [2.24, 2.45) is 5.92 Å². The summed E-state index contributed by atoms with van der Waals surface area (Å²) in [5.41, 5.74) is 1.75. The predicted octanol–water partition coefficient (Wildman–Crippen LogP) is 4.48. The number of benzene rings is 3. The van der Waals surface area contributed by atoms with Gasteiger partial charge in [0.05, 0.1) is 12.7 Å². The van der Waals surface area contributed by atoms with Gasteiger partial charge in [-0.15, -0.1) is 0 Å². The zero-order valence-corrected chi connectivity index (χ0v) is 19.5. The Morgan fingerprint density at radius 2 is 1.62 bits per heavy atom. The van der Waals surface area contributed by atoms with Gasteiger partial charge in [0.2, 0.25) is 5.91 Å². The van der Waals surface area contributed by atoms with Crippen molar-refractivity contribution in [1.29, 1.82) is 0 Å². The second kappa shape index (κ2) is 11.8. The average Bonchev–Trinajstić information content (AvgIpc) is 2.85. The summed E-state index contributed by atoms with van der Waals surface area (Å²) in [7, 11) is 1.56. The molecule has 2 N–H and O–H groups in total. The standard InChI is InChI=1S/C27H29FN2O4/c1-18(2)25(30-26(31)21-11-7-8-12-22(21)28)27(32)29-16-20-13-14-23(24(15-20)33-3)34-17-19-9-5-4-6-10-19/h4-15,18,25H,16-17H2,1-3H3,(H,29,32)(H,30,31)/t25-/m0/s1. The highest BCUT2D eigenvalue weighted by Gasteiger charge is 2.25. The van der Waals surface area contributed by atoms with E-state index >= 15 is 0 Å². The molecule has 1 atom stereocenters. The molecule has 0 aliphatic rings. The Balaban J connectivity index is 1.61. The smallest absolute Gasteiger partial charge is 0.254 e. The van der Waals surface area contributed by atoms with Crippen molar-refractivity contribution in [1.82, 2.24) is 10.6 Å². The maximum absolute atomic E-state index is 13.9. The number of ether oxygens (including phenoxy) is 2. The van der Waals surface area contributed by atoms with E-state index in [1.165, 1.54) is 18.2 Å². The van der Waals surface area contributed by atoms with Gasteiger partial charge in [-0.3, -0.25) is 9.59 Å². The van der Waals surface area contributed by atoms with Crippen molar-refractivity contribution in [2.45, 2.75) is 33.0 Å². The molecule has 0 saturated heterocycles. The molecule has 34 heavy (non-hydrogen) atoms.